The van der Waals surface area contributed by atoms with Gasteiger partial charge in [0.05, 0.1) is 29.3 Å². The number of carbonyl (C=O) groups excluding carboxylic acids is 1. The molecule has 0 saturated heterocycles. The van der Waals surface area contributed by atoms with Crippen molar-refractivity contribution in [2.45, 2.75) is 6.92 Å². The van der Waals surface area contributed by atoms with Crippen LogP contribution in [0.5, 0.6) is 5.75 Å². The molecule has 0 spiro atoms. The van der Waals surface area contributed by atoms with Gasteiger partial charge in [-0.3, -0.25) is 4.79 Å². The highest BCUT2D eigenvalue weighted by Gasteiger charge is 2.13. The molecule has 0 atom stereocenters. The van der Waals surface area contributed by atoms with E-state index in [1.807, 2.05) is 29.8 Å². The van der Waals surface area contributed by atoms with Crippen LogP contribution in [0.3, 0.4) is 0 Å². The number of hydrogen-bond acceptors (Lipinski definition) is 6. The molecule has 0 fully saturated rings. The summed E-state index contributed by atoms with van der Waals surface area (Å²) in [7, 11) is 3.57. The van der Waals surface area contributed by atoms with Crippen LogP contribution in [0.2, 0.25) is 0 Å². The number of rotatable bonds is 4. The summed E-state index contributed by atoms with van der Waals surface area (Å²) in [6, 6.07) is 9.51. The summed E-state index contributed by atoms with van der Waals surface area (Å²) in [6.45, 7) is 1.48. The van der Waals surface area contributed by atoms with Crippen molar-refractivity contribution < 1.29 is 9.53 Å². The molecule has 0 aliphatic heterocycles. The van der Waals surface area contributed by atoms with Gasteiger partial charge in [0.1, 0.15) is 16.8 Å². The van der Waals surface area contributed by atoms with Crippen molar-refractivity contribution in [1.82, 2.24) is 14.5 Å². The van der Waals surface area contributed by atoms with Crippen LogP contribution in [0.1, 0.15) is 6.92 Å². The first-order valence-corrected chi connectivity index (χ1v) is 8.80. The Morgan fingerprint density at radius 3 is 2.85 bits per heavy atom. The Bertz CT molecular complexity index is 1130. The van der Waals surface area contributed by atoms with Crippen LogP contribution in [-0.2, 0) is 11.8 Å². The molecular weight excluding hydrogens is 350 g/mol. The fourth-order valence-corrected chi connectivity index (χ4v) is 3.72. The Morgan fingerprint density at radius 1 is 1.23 bits per heavy atom. The fourth-order valence-electron chi connectivity index (χ4n) is 2.84. The molecule has 2 heterocycles. The summed E-state index contributed by atoms with van der Waals surface area (Å²) >= 11 is 1.54. The zero-order chi connectivity index (χ0) is 18.3. The van der Waals surface area contributed by atoms with Gasteiger partial charge in [0.2, 0.25) is 5.91 Å². The van der Waals surface area contributed by atoms with E-state index in [0.717, 1.165) is 32.1 Å². The molecule has 4 rings (SSSR count). The molecule has 7 nitrogen and oxygen atoms in total. The van der Waals surface area contributed by atoms with Crippen molar-refractivity contribution in [2.24, 2.45) is 7.05 Å². The normalized spacial score (nSPS) is 11.0. The van der Waals surface area contributed by atoms with Crippen LogP contribution in [0.4, 0.5) is 16.5 Å². The van der Waals surface area contributed by atoms with Crippen LogP contribution in [0.15, 0.2) is 36.7 Å². The monoisotopic (exact) mass is 367 g/mol. The van der Waals surface area contributed by atoms with Gasteiger partial charge >= 0.3 is 0 Å². The molecule has 8 heteroatoms. The van der Waals surface area contributed by atoms with Gasteiger partial charge in [0, 0.05) is 19.7 Å². The number of thiazole rings is 1. The molecule has 4 aromatic rings. The maximum Gasteiger partial charge on any atom is 0.221 e. The van der Waals surface area contributed by atoms with Gasteiger partial charge in [-0.15, -0.1) is 0 Å². The molecule has 0 aliphatic rings. The second-order valence-electron chi connectivity index (χ2n) is 5.88. The Morgan fingerprint density at radius 2 is 2.08 bits per heavy atom. The average Bonchev–Trinajstić information content (AvgIpc) is 3.17. The van der Waals surface area contributed by atoms with Gasteiger partial charge in [-0.05, 0) is 30.3 Å². The highest BCUT2D eigenvalue weighted by Crippen LogP contribution is 2.35. The molecule has 132 valence electrons. The first kappa shape index (κ1) is 16.3. The third-order valence-corrected chi connectivity index (χ3v) is 4.95. The maximum absolute atomic E-state index is 11.3. The number of nitrogens with zero attached hydrogens (tertiary/aromatic N) is 3. The van der Waals surface area contributed by atoms with Crippen molar-refractivity contribution in [3.8, 4) is 5.75 Å². The van der Waals surface area contributed by atoms with Gasteiger partial charge < -0.3 is 19.9 Å². The van der Waals surface area contributed by atoms with E-state index in [4.69, 9.17) is 9.72 Å². The van der Waals surface area contributed by atoms with Gasteiger partial charge in [-0.2, -0.15) is 0 Å². The van der Waals surface area contributed by atoms with Crippen LogP contribution in [-0.4, -0.2) is 27.6 Å². The van der Waals surface area contributed by atoms with Crippen LogP contribution >= 0.6 is 11.3 Å². The molecule has 2 aromatic heterocycles. The standard InChI is InChI=1S/C18H17N5O2S/c1-10(24)20-11-4-6-14(25-3)12(8-11)21-18-22-17-15(26-18)7-5-13-16(17)19-9-23(13)2/h4-9H,1-3H3,(H,20,24)(H,21,22). The number of imidazole rings is 1. The van der Waals surface area contributed by atoms with E-state index in [2.05, 4.69) is 15.6 Å². The summed E-state index contributed by atoms with van der Waals surface area (Å²) in [5.74, 6) is 0.542. The summed E-state index contributed by atoms with van der Waals surface area (Å²) in [4.78, 5) is 20.5. The highest BCUT2D eigenvalue weighted by atomic mass is 32.1. The number of aryl methyl sites for hydroxylation is 1. The zero-order valence-electron chi connectivity index (χ0n) is 14.5. The Kier molecular flexibility index (Phi) is 3.96. The predicted molar refractivity (Wildman–Crippen MR) is 104 cm³/mol. The minimum Gasteiger partial charge on any atom is -0.495 e. The number of anilines is 3. The topological polar surface area (TPSA) is 81.1 Å². The molecule has 0 unspecified atom stereocenters. The number of nitrogens with one attached hydrogen (secondary N) is 2. The molecule has 0 aliphatic carbocycles. The van der Waals surface area contributed by atoms with Crippen LogP contribution in [0, 0.1) is 0 Å². The number of hydrogen-bond donors (Lipinski definition) is 2. The summed E-state index contributed by atoms with van der Waals surface area (Å²) in [6.07, 6.45) is 1.79. The molecule has 2 N–H and O–H groups in total. The number of benzene rings is 2. The first-order chi connectivity index (χ1) is 12.5. The van der Waals surface area contributed by atoms with Crippen molar-refractivity contribution >= 4 is 55.0 Å². The number of amides is 1. The Balaban J connectivity index is 1.74. The minimum absolute atomic E-state index is 0.126. The van der Waals surface area contributed by atoms with E-state index in [1.54, 1.807) is 36.9 Å². The molecular formula is C18H17N5O2S. The van der Waals surface area contributed by atoms with E-state index < -0.39 is 0 Å². The van der Waals surface area contributed by atoms with Crippen molar-refractivity contribution in [1.29, 1.82) is 0 Å². The van der Waals surface area contributed by atoms with E-state index in [9.17, 15) is 4.79 Å². The number of carbonyl (C=O) groups is 1. The van der Waals surface area contributed by atoms with Crippen molar-refractivity contribution in [3.63, 3.8) is 0 Å². The van der Waals surface area contributed by atoms with Crippen molar-refractivity contribution in [2.75, 3.05) is 17.7 Å². The third kappa shape index (κ3) is 2.84. The number of methoxy groups -OCH3 is 1. The first-order valence-electron chi connectivity index (χ1n) is 7.98. The van der Waals surface area contributed by atoms with Gasteiger partial charge in [0.15, 0.2) is 5.13 Å². The lowest BCUT2D eigenvalue weighted by atomic mass is 10.2. The second-order valence-corrected chi connectivity index (χ2v) is 6.91. The summed E-state index contributed by atoms with van der Waals surface area (Å²) < 4.78 is 8.44. The van der Waals surface area contributed by atoms with Crippen molar-refractivity contribution in [3.05, 3.63) is 36.7 Å². The third-order valence-electron chi connectivity index (χ3n) is 4.01. The number of fused-ring (bicyclic) bond motifs is 3. The van der Waals surface area contributed by atoms with Gasteiger partial charge in [-0.25, -0.2) is 9.97 Å². The molecule has 2 aromatic carbocycles. The largest absolute Gasteiger partial charge is 0.495 e. The highest BCUT2D eigenvalue weighted by molar-refractivity contribution is 7.22. The lowest BCUT2D eigenvalue weighted by molar-refractivity contribution is -0.114. The minimum atomic E-state index is -0.126. The van der Waals surface area contributed by atoms with Gasteiger partial charge in [0.25, 0.3) is 0 Å². The summed E-state index contributed by atoms with van der Waals surface area (Å²) in [5.41, 5.74) is 4.21. The van der Waals surface area contributed by atoms with Crippen LogP contribution in [0.25, 0.3) is 21.3 Å². The molecule has 0 saturated carbocycles. The average molecular weight is 367 g/mol. The lowest BCUT2D eigenvalue weighted by Gasteiger charge is -2.11. The SMILES string of the molecule is COc1ccc(NC(C)=O)cc1Nc1nc2c(ccc3c2ncn3C)s1. The molecule has 0 bridgehead atoms. The van der Waals surface area contributed by atoms with Crippen LogP contribution < -0.4 is 15.4 Å². The van der Waals surface area contributed by atoms with E-state index >= 15 is 0 Å². The zero-order valence-corrected chi connectivity index (χ0v) is 15.3. The smallest absolute Gasteiger partial charge is 0.221 e. The summed E-state index contributed by atoms with van der Waals surface area (Å²) in [5, 5.41) is 6.80. The number of ether oxygens (including phenoxy) is 1. The molecule has 26 heavy (non-hydrogen) atoms. The molecule has 1 amide bonds. The Labute approximate surface area is 153 Å². The van der Waals surface area contributed by atoms with Gasteiger partial charge in [-0.1, -0.05) is 11.3 Å². The number of aromatic nitrogens is 3. The Hall–Kier alpha value is -3.13. The maximum atomic E-state index is 11.3. The quantitative estimate of drug-likeness (QED) is 0.572. The van der Waals surface area contributed by atoms with E-state index in [-0.39, 0.29) is 5.91 Å². The molecule has 0 radical (unpaired) electrons. The van der Waals surface area contributed by atoms with E-state index in [1.165, 1.54) is 6.92 Å². The lowest BCUT2D eigenvalue weighted by Crippen LogP contribution is -2.06. The van der Waals surface area contributed by atoms with E-state index in [0.29, 0.717) is 11.4 Å². The predicted octanol–water partition coefficient (Wildman–Crippen LogP) is 3.89. The second kappa shape index (κ2) is 6.30. The fraction of sp³-hybridized carbons (Fsp3) is 0.167.